The maximum absolute atomic E-state index is 11.6. The molecule has 2 atom stereocenters. The van der Waals surface area contributed by atoms with E-state index in [0.29, 0.717) is 0 Å². The zero-order chi connectivity index (χ0) is 15.1. The van der Waals surface area contributed by atoms with Gasteiger partial charge in [-0.25, -0.2) is 0 Å². The summed E-state index contributed by atoms with van der Waals surface area (Å²) < 4.78 is 0.914. The van der Waals surface area contributed by atoms with Crippen LogP contribution in [0.4, 0.5) is 11.4 Å². The molecule has 0 aliphatic carbocycles. The van der Waals surface area contributed by atoms with Crippen molar-refractivity contribution in [3.63, 3.8) is 0 Å². The highest BCUT2D eigenvalue weighted by molar-refractivity contribution is 9.10. The van der Waals surface area contributed by atoms with E-state index in [9.17, 15) is 9.59 Å². The zero-order valence-corrected chi connectivity index (χ0v) is 13.2. The van der Waals surface area contributed by atoms with Crippen LogP contribution in [-0.2, 0) is 9.59 Å². The smallest absolute Gasteiger partial charge is 0.245 e. The maximum atomic E-state index is 11.6. The Labute approximate surface area is 131 Å². The molecule has 1 fully saturated rings. The Bertz CT molecular complexity index is 619. The van der Waals surface area contributed by atoms with Gasteiger partial charge in [-0.1, -0.05) is 0 Å². The predicted octanol–water partition coefficient (Wildman–Crippen LogP) is 1.12. The van der Waals surface area contributed by atoms with Crippen LogP contribution >= 0.6 is 15.9 Å². The summed E-state index contributed by atoms with van der Waals surface area (Å²) in [5.41, 5.74) is 8.44. The van der Waals surface area contributed by atoms with E-state index in [-0.39, 0.29) is 17.9 Å². The third kappa shape index (κ3) is 2.63. The summed E-state index contributed by atoms with van der Waals surface area (Å²) in [6.45, 7) is 3.16. The van der Waals surface area contributed by atoms with Gasteiger partial charge in [-0.3, -0.25) is 9.59 Å². The van der Waals surface area contributed by atoms with Gasteiger partial charge in [0.1, 0.15) is 6.04 Å². The average Bonchev–Trinajstić information content (AvgIpc) is 2.96. The third-order valence-corrected chi connectivity index (χ3v) is 4.57. The lowest BCUT2D eigenvalue weighted by Gasteiger charge is -2.21. The Morgan fingerprint density at radius 1 is 1.52 bits per heavy atom. The van der Waals surface area contributed by atoms with Gasteiger partial charge in [0.25, 0.3) is 0 Å². The molecule has 21 heavy (non-hydrogen) atoms. The number of amides is 2. The highest BCUT2D eigenvalue weighted by Crippen LogP contribution is 2.39. The van der Waals surface area contributed by atoms with Gasteiger partial charge in [0, 0.05) is 41.8 Å². The number of nitrogens with one attached hydrogen (secondary N) is 2. The first-order valence-corrected chi connectivity index (χ1v) is 7.67. The topological polar surface area (TPSA) is 87.5 Å². The van der Waals surface area contributed by atoms with Crippen LogP contribution < -0.4 is 21.3 Å². The van der Waals surface area contributed by atoms with Crippen molar-refractivity contribution in [2.45, 2.75) is 25.4 Å². The van der Waals surface area contributed by atoms with Crippen molar-refractivity contribution in [1.29, 1.82) is 0 Å². The van der Waals surface area contributed by atoms with E-state index in [4.69, 9.17) is 5.73 Å². The van der Waals surface area contributed by atoms with Gasteiger partial charge in [-0.2, -0.15) is 0 Å². The van der Waals surface area contributed by atoms with Gasteiger partial charge < -0.3 is 21.3 Å². The average molecular weight is 353 g/mol. The van der Waals surface area contributed by atoms with Crippen LogP contribution in [0.2, 0.25) is 0 Å². The van der Waals surface area contributed by atoms with Gasteiger partial charge in [0.05, 0.1) is 5.69 Å². The fourth-order valence-electron chi connectivity index (χ4n) is 2.92. The second kappa shape index (κ2) is 5.31. The first-order chi connectivity index (χ1) is 9.95. The number of anilines is 2. The van der Waals surface area contributed by atoms with Crippen molar-refractivity contribution in [1.82, 2.24) is 5.32 Å². The summed E-state index contributed by atoms with van der Waals surface area (Å²) in [5, 5.41) is 5.74. The molecule has 0 radical (unpaired) electrons. The first kappa shape index (κ1) is 14.3. The molecule has 2 aliphatic rings. The Morgan fingerprint density at radius 3 is 3.00 bits per heavy atom. The summed E-state index contributed by atoms with van der Waals surface area (Å²) in [4.78, 5) is 25.0. The zero-order valence-electron chi connectivity index (χ0n) is 11.6. The molecule has 1 aromatic rings. The second-order valence-corrected chi connectivity index (χ2v) is 6.34. The third-order valence-electron chi connectivity index (χ3n) is 3.93. The summed E-state index contributed by atoms with van der Waals surface area (Å²) in [6, 6.07) is 3.41. The molecule has 2 unspecified atom stereocenters. The van der Waals surface area contributed by atoms with Gasteiger partial charge in [-0.05, 0) is 34.5 Å². The Morgan fingerprint density at radius 2 is 2.29 bits per heavy atom. The van der Waals surface area contributed by atoms with Crippen molar-refractivity contribution >= 4 is 39.1 Å². The van der Waals surface area contributed by atoms with Crippen molar-refractivity contribution in [2.75, 3.05) is 23.3 Å². The molecule has 1 saturated heterocycles. The minimum atomic E-state index is -0.601. The number of benzene rings is 1. The number of nitrogens with two attached hydrogens (primary N) is 1. The van der Waals surface area contributed by atoms with E-state index in [2.05, 4.69) is 31.5 Å². The van der Waals surface area contributed by atoms with Crippen molar-refractivity contribution in [3.8, 4) is 0 Å². The SMILES string of the molecule is CC(=O)NC1CCN(c2cc3c(cc2Br)C(N)C(=O)N3)C1. The van der Waals surface area contributed by atoms with Crippen LogP contribution in [0.3, 0.4) is 0 Å². The number of carbonyl (C=O) groups excluding carboxylic acids is 2. The molecule has 2 aliphatic heterocycles. The molecule has 1 aromatic carbocycles. The molecule has 112 valence electrons. The molecule has 4 N–H and O–H groups in total. The standard InChI is InChI=1S/C14H17BrN4O2/c1-7(20)17-8-2-3-19(6-8)12-5-11-9(4-10(12)15)13(16)14(21)18-11/h4-5,8,13H,2-3,6,16H2,1H3,(H,17,20)(H,18,21). The summed E-state index contributed by atoms with van der Waals surface area (Å²) in [7, 11) is 0. The number of hydrogen-bond acceptors (Lipinski definition) is 4. The largest absolute Gasteiger partial charge is 0.368 e. The molecule has 0 spiro atoms. The molecule has 2 heterocycles. The Balaban J connectivity index is 1.83. The van der Waals surface area contributed by atoms with E-state index < -0.39 is 6.04 Å². The first-order valence-electron chi connectivity index (χ1n) is 6.87. The lowest BCUT2D eigenvalue weighted by Crippen LogP contribution is -2.35. The van der Waals surface area contributed by atoms with Crippen molar-refractivity contribution < 1.29 is 9.59 Å². The van der Waals surface area contributed by atoms with Gasteiger partial charge in [0.15, 0.2) is 0 Å². The lowest BCUT2D eigenvalue weighted by atomic mass is 10.1. The van der Waals surface area contributed by atoms with Gasteiger partial charge in [-0.15, -0.1) is 0 Å². The van der Waals surface area contributed by atoms with Crippen LogP contribution in [0.25, 0.3) is 0 Å². The highest BCUT2D eigenvalue weighted by Gasteiger charge is 2.30. The van der Waals surface area contributed by atoms with E-state index in [1.165, 1.54) is 6.92 Å². The van der Waals surface area contributed by atoms with Gasteiger partial charge in [0.2, 0.25) is 11.8 Å². The van der Waals surface area contributed by atoms with Crippen molar-refractivity contribution in [2.24, 2.45) is 5.73 Å². The molecule has 0 saturated carbocycles. The number of nitrogens with zero attached hydrogens (tertiary/aromatic N) is 1. The summed E-state index contributed by atoms with van der Waals surface area (Å²) in [5.74, 6) is -0.181. The molecular weight excluding hydrogens is 336 g/mol. The fourth-order valence-corrected chi connectivity index (χ4v) is 3.53. The minimum Gasteiger partial charge on any atom is -0.368 e. The van der Waals surface area contributed by atoms with Crippen LogP contribution in [0.1, 0.15) is 24.9 Å². The molecule has 0 bridgehead atoms. The molecule has 6 nitrogen and oxygen atoms in total. The van der Waals surface area contributed by atoms with Crippen LogP contribution in [-0.4, -0.2) is 30.9 Å². The molecular formula is C14H17BrN4O2. The van der Waals surface area contributed by atoms with E-state index >= 15 is 0 Å². The van der Waals surface area contributed by atoms with Crippen LogP contribution in [0, 0.1) is 0 Å². The number of carbonyl (C=O) groups is 2. The molecule has 0 aromatic heterocycles. The predicted molar refractivity (Wildman–Crippen MR) is 84.1 cm³/mol. The second-order valence-electron chi connectivity index (χ2n) is 5.49. The molecule has 3 rings (SSSR count). The number of rotatable bonds is 2. The summed E-state index contributed by atoms with van der Waals surface area (Å²) in [6.07, 6.45) is 0.912. The number of fused-ring (bicyclic) bond motifs is 1. The maximum Gasteiger partial charge on any atom is 0.245 e. The van der Waals surface area contributed by atoms with Crippen LogP contribution in [0.5, 0.6) is 0 Å². The number of hydrogen-bond donors (Lipinski definition) is 3. The minimum absolute atomic E-state index is 0.00638. The van der Waals surface area contributed by atoms with Crippen LogP contribution in [0.15, 0.2) is 16.6 Å². The van der Waals surface area contributed by atoms with Crippen molar-refractivity contribution in [3.05, 3.63) is 22.2 Å². The lowest BCUT2D eigenvalue weighted by molar-refractivity contribution is -0.119. The van der Waals surface area contributed by atoms with E-state index in [0.717, 1.165) is 40.9 Å². The quantitative estimate of drug-likeness (QED) is 0.744. The molecule has 2 amide bonds. The Hall–Kier alpha value is -1.60. The Kier molecular flexibility index (Phi) is 3.62. The van der Waals surface area contributed by atoms with E-state index in [1.54, 1.807) is 0 Å². The van der Waals surface area contributed by atoms with Gasteiger partial charge >= 0.3 is 0 Å². The van der Waals surface area contributed by atoms with E-state index in [1.807, 2.05) is 12.1 Å². The summed E-state index contributed by atoms with van der Waals surface area (Å²) >= 11 is 3.55. The fraction of sp³-hybridized carbons (Fsp3) is 0.429. The molecule has 7 heteroatoms. The monoisotopic (exact) mass is 352 g/mol. The number of halogens is 1. The normalized spacial score (nSPS) is 24.0. The highest BCUT2D eigenvalue weighted by atomic mass is 79.9.